The number of anilines is 1. The Balaban J connectivity index is 2.29. The summed E-state index contributed by atoms with van der Waals surface area (Å²) in [5, 5.41) is 15.4. The Labute approximate surface area is 122 Å². The molecule has 0 aliphatic carbocycles. The van der Waals surface area contributed by atoms with Crippen LogP contribution < -0.4 is 5.32 Å². The lowest BCUT2D eigenvalue weighted by atomic mass is 10.1. The molecule has 0 spiro atoms. The number of carbonyl (C=O) groups excluding carboxylic acids is 1. The maximum atomic E-state index is 12.1. The molecular formula is C13H11BrN2O4. The van der Waals surface area contributed by atoms with Gasteiger partial charge in [0.1, 0.15) is 11.3 Å². The number of carbonyl (C=O) groups is 2. The highest BCUT2D eigenvalue weighted by Gasteiger charge is 2.18. The predicted molar refractivity (Wildman–Crippen MR) is 75.0 cm³/mol. The molecule has 20 heavy (non-hydrogen) atoms. The number of aromatic carboxylic acids is 1. The number of hydrogen-bond acceptors (Lipinski definition) is 4. The maximum absolute atomic E-state index is 12.1. The fourth-order valence-corrected chi connectivity index (χ4v) is 2.18. The van der Waals surface area contributed by atoms with Gasteiger partial charge in [-0.3, -0.25) is 4.79 Å². The third-order valence-electron chi connectivity index (χ3n) is 2.72. The fourth-order valence-electron chi connectivity index (χ4n) is 1.77. The third-order valence-corrected chi connectivity index (χ3v) is 3.41. The molecule has 1 aromatic carbocycles. The van der Waals surface area contributed by atoms with Crippen LogP contribution in [0.25, 0.3) is 0 Å². The molecule has 0 saturated heterocycles. The lowest BCUT2D eigenvalue weighted by Gasteiger charge is -2.07. The summed E-state index contributed by atoms with van der Waals surface area (Å²) in [6.07, 6.45) is 0. The molecule has 2 N–H and O–H groups in total. The predicted octanol–water partition coefficient (Wildman–Crippen LogP) is 3.00. The Morgan fingerprint density at radius 1 is 1.35 bits per heavy atom. The van der Waals surface area contributed by atoms with Crippen LogP contribution in [-0.4, -0.2) is 22.1 Å². The van der Waals surface area contributed by atoms with Crippen LogP contribution in [-0.2, 0) is 0 Å². The molecule has 0 aliphatic heterocycles. The molecule has 0 saturated carbocycles. The van der Waals surface area contributed by atoms with Gasteiger partial charge in [-0.1, -0.05) is 5.16 Å². The van der Waals surface area contributed by atoms with Crippen molar-refractivity contribution >= 4 is 33.5 Å². The van der Waals surface area contributed by atoms with Gasteiger partial charge in [0.2, 0.25) is 0 Å². The Morgan fingerprint density at radius 3 is 2.60 bits per heavy atom. The molecule has 0 radical (unpaired) electrons. The number of hydrogen-bond donors (Lipinski definition) is 2. The maximum Gasteiger partial charge on any atom is 0.336 e. The average Bonchev–Trinajstić information content (AvgIpc) is 2.71. The van der Waals surface area contributed by atoms with Gasteiger partial charge >= 0.3 is 5.97 Å². The number of halogens is 1. The summed E-state index contributed by atoms with van der Waals surface area (Å²) in [7, 11) is 0. The minimum atomic E-state index is -1.08. The average molecular weight is 339 g/mol. The van der Waals surface area contributed by atoms with Crippen molar-refractivity contribution in [3.8, 4) is 0 Å². The van der Waals surface area contributed by atoms with Crippen molar-refractivity contribution in [2.45, 2.75) is 13.8 Å². The van der Waals surface area contributed by atoms with Crippen LogP contribution in [0.1, 0.15) is 32.2 Å². The second-order valence-corrected chi connectivity index (χ2v) is 5.01. The number of amides is 1. The Hall–Kier alpha value is -2.15. The third kappa shape index (κ3) is 2.72. The number of nitrogens with one attached hydrogen (secondary N) is 1. The zero-order chi connectivity index (χ0) is 14.9. The molecule has 0 bridgehead atoms. The number of aromatic nitrogens is 1. The number of benzene rings is 1. The highest BCUT2D eigenvalue weighted by atomic mass is 79.9. The highest BCUT2D eigenvalue weighted by Crippen LogP contribution is 2.22. The molecular weight excluding hydrogens is 328 g/mol. The zero-order valence-electron chi connectivity index (χ0n) is 10.7. The minimum absolute atomic E-state index is 0.0709. The molecule has 0 unspecified atom stereocenters. The van der Waals surface area contributed by atoms with E-state index in [1.807, 2.05) is 0 Å². The van der Waals surface area contributed by atoms with Gasteiger partial charge < -0.3 is 14.9 Å². The molecule has 0 atom stereocenters. The van der Waals surface area contributed by atoms with E-state index in [4.69, 9.17) is 9.63 Å². The standard InChI is InChI=1S/C13H11BrN2O4/c1-6-11(7(2)20-16-6)12(17)15-8-3-4-10(14)9(5-8)13(18)19/h3-5H,1-2H3,(H,15,17)(H,18,19). The van der Waals surface area contributed by atoms with Gasteiger partial charge in [-0.05, 0) is 48.0 Å². The SMILES string of the molecule is Cc1noc(C)c1C(=O)Nc1ccc(Br)c(C(=O)O)c1. The van der Waals surface area contributed by atoms with Crippen molar-refractivity contribution in [1.82, 2.24) is 5.16 Å². The molecule has 1 amide bonds. The van der Waals surface area contributed by atoms with Crippen LogP contribution in [0.5, 0.6) is 0 Å². The van der Waals surface area contributed by atoms with E-state index < -0.39 is 5.97 Å². The molecule has 1 heterocycles. The van der Waals surface area contributed by atoms with Crippen molar-refractivity contribution in [2.75, 3.05) is 5.32 Å². The fraction of sp³-hybridized carbons (Fsp3) is 0.154. The number of carboxylic acids is 1. The largest absolute Gasteiger partial charge is 0.478 e. The summed E-state index contributed by atoms with van der Waals surface area (Å²) in [5.74, 6) is -1.05. The zero-order valence-corrected chi connectivity index (χ0v) is 12.3. The lowest BCUT2D eigenvalue weighted by Crippen LogP contribution is -2.14. The van der Waals surface area contributed by atoms with Crippen LogP contribution in [0, 0.1) is 13.8 Å². The van der Waals surface area contributed by atoms with Crippen LogP contribution in [0.15, 0.2) is 27.2 Å². The van der Waals surface area contributed by atoms with Crippen LogP contribution in [0.3, 0.4) is 0 Å². The molecule has 2 aromatic rings. The molecule has 104 valence electrons. The van der Waals surface area contributed by atoms with Gasteiger partial charge in [-0.25, -0.2) is 4.79 Å². The van der Waals surface area contributed by atoms with Crippen molar-refractivity contribution in [3.05, 3.63) is 45.3 Å². The van der Waals surface area contributed by atoms with E-state index in [-0.39, 0.29) is 11.5 Å². The van der Waals surface area contributed by atoms with E-state index in [1.54, 1.807) is 26.0 Å². The summed E-state index contributed by atoms with van der Waals surface area (Å²) in [4.78, 5) is 23.1. The topological polar surface area (TPSA) is 92.4 Å². The summed E-state index contributed by atoms with van der Waals surface area (Å²) >= 11 is 3.14. The summed E-state index contributed by atoms with van der Waals surface area (Å²) in [5.41, 5.74) is 1.29. The second-order valence-electron chi connectivity index (χ2n) is 4.15. The summed E-state index contributed by atoms with van der Waals surface area (Å²) in [6, 6.07) is 4.54. The molecule has 1 aromatic heterocycles. The molecule has 0 aliphatic rings. The first-order valence-corrected chi connectivity index (χ1v) is 6.46. The van der Waals surface area contributed by atoms with Crippen molar-refractivity contribution < 1.29 is 19.2 Å². The first kappa shape index (κ1) is 14.3. The van der Waals surface area contributed by atoms with Gasteiger partial charge in [-0.15, -0.1) is 0 Å². The number of carboxylic acid groups (broad SMARTS) is 1. The normalized spacial score (nSPS) is 10.3. The van der Waals surface area contributed by atoms with E-state index in [2.05, 4.69) is 26.4 Å². The van der Waals surface area contributed by atoms with E-state index in [9.17, 15) is 9.59 Å². The van der Waals surface area contributed by atoms with Gasteiger partial charge in [-0.2, -0.15) is 0 Å². The first-order valence-electron chi connectivity index (χ1n) is 5.67. The van der Waals surface area contributed by atoms with Crippen molar-refractivity contribution in [2.24, 2.45) is 0 Å². The van der Waals surface area contributed by atoms with Crippen LogP contribution in [0.2, 0.25) is 0 Å². The Kier molecular flexibility index (Phi) is 3.89. The Bertz CT molecular complexity index is 674. The first-order chi connectivity index (χ1) is 9.40. The monoisotopic (exact) mass is 338 g/mol. The van der Waals surface area contributed by atoms with Gasteiger partial charge in [0.15, 0.2) is 0 Å². The van der Waals surface area contributed by atoms with Crippen LogP contribution in [0.4, 0.5) is 5.69 Å². The Morgan fingerprint density at radius 2 is 2.05 bits per heavy atom. The molecule has 7 heteroatoms. The van der Waals surface area contributed by atoms with Crippen molar-refractivity contribution in [3.63, 3.8) is 0 Å². The van der Waals surface area contributed by atoms with Crippen LogP contribution >= 0.6 is 15.9 Å². The van der Waals surface area contributed by atoms with E-state index in [0.717, 1.165) is 0 Å². The molecule has 2 rings (SSSR count). The summed E-state index contributed by atoms with van der Waals surface area (Å²) < 4.78 is 5.37. The van der Waals surface area contributed by atoms with Gasteiger partial charge in [0.05, 0.1) is 11.3 Å². The number of rotatable bonds is 3. The van der Waals surface area contributed by atoms with E-state index in [1.165, 1.54) is 6.07 Å². The minimum Gasteiger partial charge on any atom is -0.478 e. The molecule has 6 nitrogen and oxygen atoms in total. The van der Waals surface area contributed by atoms with Gasteiger partial charge in [0, 0.05) is 10.2 Å². The highest BCUT2D eigenvalue weighted by molar-refractivity contribution is 9.10. The number of nitrogens with zero attached hydrogens (tertiary/aromatic N) is 1. The molecule has 0 fully saturated rings. The second kappa shape index (κ2) is 5.46. The smallest absolute Gasteiger partial charge is 0.336 e. The number of aryl methyl sites for hydroxylation is 2. The quantitative estimate of drug-likeness (QED) is 0.897. The van der Waals surface area contributed by atoms with Crippen molar-refractivity contribution in [1.29, 1.82) is 0 Å². The summed E-state index contributed by atoms with van der Waals surface area (Å²) in [6.45, 7) is 3.30. The van der Waals surface area contributed by atoms with E-state index >= 15 is 0 Å². The van der Waals surface area contributed by atoms with E-state index in [0.29, 0.717) is 27.2 Å². The van der Waals surface area contributed by atoms with Gasteiger partial charge in [0.25, 0.3) is 5.91 Å². The lowest BCUT2D eigenvalue weighted by molar-refractivity contribution is 0.0695.